The number of alkyl halides is 3. The van der Waals surface area contributed by atoms with Crippen molar-refractivity contribution in [1.29, 1.82) is 0 Å². The van der Waals surface area contributed by atoms with Crippen LogP contribution < -0.4 is 5.32 Å². The zero-order chi connectivity index (χ0) is 21.7. The number of hydrogen-bond donors (Lipinski definition) is 1. The molecule has 0 aliphatic heterocycles. The Balaban J connectivity index is 1.71. The molecule has 11 heteroatoms. The number of nitrogens with zero attached hydrogens (tertiary/aromatic N) is 4. The molecule has 0 spiro atoms. The van der Waals surface area contributed by atoms with Gasteiger partial charge in [-0.25, -0.2) is 9.67 Å². The normalized spacial score (nSPS) is 11.5. The van der Waals surface area contributed by atoms with E-state index in [1.165, 1.54) is 6.33 Å². The number of nitro groups is 1. The molecule has 1 heterocycles. The average Bonchev–Trinajstić information content (AvgIpc) is 3.15. The van der Waals surface area contributed by atoms with Crippen LogP contribution in [0.25, 0.3) is 0 Å². The predicted octanol–water partition coefficient (Wildman–Crippen LogP) is 4.69. The molecule has 0 radical (unpaired) electrons. The number of aryl methyl sites for hydroxylation is 1. The highest BCUT2D eigenvalue weighted by Crippen LogP contribution is 2.36. The standard InChI is InChI=1S/C19H18F3N5O3/c1-2-26-18(23-12-24-26)11-30-10-13-4-3-5-15(8-13)25-16-7-6-14(19(20,21)22)9-17(16)27(28)29/h3-9,12,25H,2,10-11H2,1H3. The third kappa shape index (κ3) is 5.11. The molecule has 0 atom stereocenters. The van der Waals surface area contributed by atoms with Crippen molar-refractivity contribution in [3.8, 4) is 0 Å². The number of benzene rings is 2. The number of hydrogen-bond acceptors (Lipinski definition) is 6. The van der Waals surface area contributed by atoms with E-state index in [1.807, 2.05) is 6.92 Å². The topological polar surface area (TPSA) is 95.1 Å². The summed E-state index contributed by atoms with van der Waals surface area (Å²) in [5.41, 5.74) is -0.526. The van der Waals surface area contributed by atoms with E-state index in [0.29, 0.717) is 24.1 Å². The molecule has 3 aromatic rings. The molecular formula is C19H18F3N5O3. The van der Waals surface area contributed by atoms with Gasteiger partial charge in [0.1, 0.15) is 18.6 Å². The highest BCUT2D eigenvalue weighted by atomic mass is 19.4. The van der Waals surface area contributed by atoms with Crippen LogP contribution in [0, 0.1) is 10.1 Å². The van der Waals surface area contributed by atoms with Gasteiger partial charge in [-0.2, -0.15) is 18.3 Å². The number of halogens is 3. The van der Waals surface area contributed by atoms with Crippen molar-refractivity contribution in [2.45, 2.75) is 32.9 Å². The second kappa shape index (κ2) is 8.91. The van der Waals surface area contributed by atoms with Gasteiger partial charge in [0.25, 0.3) is 5.69 Å². The van der Waals surface area contributed by atoms with Crippen molar-refractivity contribution in [1.82, 2.24) is 14.8 Å². The molecule has 158 valence electrons. The van der Waals surface area contributed by atoms with E-state index in [9.17, 15) is 23.3 Å². The Morgan fingerprint density at radius 1 is 1.20 bits per heavy atom. The molecule has 0 fully saturated rings. The van der Waals surface area contributed by atoms with Crippen molar-refractivity contribution in [2.24, 2.45) is 0 Å². The SMILES string of the molecule is CCn1ncnc1COCc1cccc(Nc2ccc(C(F)(F)F)cc2[N+](=O)[O-])c1. The molecule has 2 aromatic carbocycles. The minimum atomic E-state index is -4.66. The maximum Gasteiger partial charge on any atom is 0.416 e. The van der Waals surface area contributed by atoms with Gasteiger partial charge in [0.05, 0.1) is 17.1 Å². The fourth-order valence-electron chi connectivity index (χ4n) is 2.78. The third-order valence-corrected chi connectivity index (χ3v) is 4.22. The Kier molecular flexibility index (Phi) is 6.31. The lowest BCUT2D eigenvalue weighted by Crippen LogP contribution is -2.07. The van der Waals surface area contributed by atoms with Crippen LogP contribution in [0.3, 0.4) is 0 Å². The van der Waals surface area contributed by atoms with E-state index in [2.05, 4.69) is 15.4 Å². The van der Waals surface area contributed by atoms with E-state index in [1.54, 1.807) is 28.9 Å². The van der Waals surface area contributed by atoms with Crippen LogP contribution in [-0.2, 0) is 30.7 Å². The number of ether oxygens (including phenoxy) is 1. The van der Waals surface area contributed by atoms with Gasteiger partial charge in [-0.15, -0.1) is 0 Å². The first-order valence-electron chi connectivity index (χ1n) is 8.94. The van der Waals surface area contributed by atoms with Gasteiger partial charge in [0, 0.05) is 18.3 Å². The lowest BCUT2D eigenvalue weighted by molar-refractivity contribution is -0.384. The van der Waals surface area contributed by atoms with Crippen LogP contribution in [0.5, 0.6) is 0 Å². The first kappa shape index (κ1) is 21.2. The van der Waals surface area contributed by atoms with Crippen molar-refractivity contribution in [3.63, 3.8) is 0 Å². The highest BCUT2D eigenvalue weighted by molar-refractivity contribution is 5.70. The van der Waals surface area contributed by atoms with Gasteiger partial charge >= 0.3 is 6.18 Å². The Morgan fingerprint density at radius 3 is 2.70 bits per heavy atom. The molecule has 1 N–H and O–H groups in total. The summed E-state index contributed by atoms with van der Waals surface area (Å²) in [5.74, 6) is 0.687. The lowest BCUT2D eigenvalue weighted by Gasteiger charge is -2.12. The maximum atomic E-state index is 12.8. The first-order valence-corrected chi connectivity index (χ1v) is 8.94. The molecule has 0 aliphatic rings. The van der Waals surface area contributed by atoms with Crippen molar-refractivity contribution in [2.75, 3.05) is 5.32 Å². The van der Waals surface area contributed by atoms with E-state index >= 15 is 0 Å². The summed E-state index contributed by atoms with van der Waals surface area (Å²) in [6, 6.07) is 9.22. The molecule has 0 saturated heterocycles. The molecule has 3 rings (SSSR count). The van der Waals surface area contributed by atoms with Gasteiger partial charge < -0.3 is 10.1 Å². The maximum absolute atomic E-state index is 12.8. The Morgan fingerprint density at radius 2 is 2.00 bits per heavy atom. The molecule has 1 aromatic heterocycles. The highest BCUT2D eigenvalue weighted by Gasteiger charge is 2.33. The molecule has 0 aliphatic carbocycles. The van der Waals surface area contributed by atoms with Crippen LogP contribution in [0.2, 0.25) is 0 Å². The summed E-state index contributed by atoms with van der Waals surface area (Å²) in [6.45, 7) is 3.12. The number of anilines is 2. The number of aromatic nitrogens is 3. The number of nitro benzene ring substituents is 1. The van der Waals surface area contributed by atoms with Crippen molar-refractivity contribution in [3.05, 3.63) is 75.9 Å². The summed E-state index contributed by atoms with van der Waals surface area (Å²) in [7, 11) is 0. The summed E-state index contributed by atoms with van der Waals surface area (Å²) in [5, 5.41) is 18.1. The van der Waals surface area contributed by atoms with E-state index in [-0.39, 0.29) is 18.9 Å². The second-order valence-corrected chi connectivity index (χ2v) is 6.30. The van der Waals surface area contributed by atoms with E-state index in [4.69, 9.17) is 4.74 Å². The zero-order valence-electron chi connectivity index (χ0n) is 15.9. The van der Waals surface area contributed by atoms with Crippen LogP contribution in [0.1, 0.15) is 23.9 Å². The monoisotopic (exact) mass is 421 g/mol. The van der Waals surface area contributed by atoms with Gasteiger partial charge in [-0.05, 0) is 36.8 Å². The van der Waals surface area contributed by atoms with E-state index < -0.39 is 22.4 Å². The predicted molar refractivity (Wildman–Crippen MR) is 102 cm³/mol. The molecule has 8 nitrogen and oxygen atoms in total. The van der Waals surface area contributed by atoms with Gasteiger partial charge in [-0.3, -0.25) is 10.1 Å². The van der Waals surface area contributed by atoms with Crippen LogP contribution >= 0.6 is 0 Å². The smallest absolute Gasteiger partial charge is 0.369 e. The van der Waals surface area contributed by atoms with Crippen molar-refractivity contribution >= 4 is 17.1 Å². The molecule has 0 unspecified atom stereocenters. The summed E-state index contributed by atoms with van der Waals surface area (Å²) < 4.78 is 45.9. The fraction of sp³-hybridized carbons (Fsp3) is 0.263. The van der Waals surface area contributed by atoms with Crippen LogP contribution in [-0.4, -0.2) is 19.7 Å². The Bertz CT molecular complexity index is 1040. The summed E-state index contributed by atoms with van der Waals surface area (Å²) >= 11 is 0. The summed E-state index contributed by atoms with van der Waals surface area (Å²) in [6.07, 6.45) is -3.22. The lowest BCUT2D eigenvalue weighted by atomic mass is 10.1. The molecular weight excluding hydrogens is 403 g/mol. The van der Waals surface area contributed by atoms with Crippen molar-refractivity contribution < 1.29 is 22.8 Å². The average molecular weight is 421 g/mol. The molecule has 0 amide bonds. The van der Waals surface area contributed by atoms with Crippen LogP contribution in [0.4, 0.5) is 30.2 Å². The summed E-state index contributed by atoms with van der Waals surface area (Å²) in [4.78, 5) is 14.5. The fourth-order valence-corrected chi connectivity index (χ4v) is 2.78. The van der Waals surface area contributed by atoms with E-state index in [0.717, 1.165) is 17.7 Å². The largest absolute Gasteiger partial charge is 0.416 e. The quantitative estimate of drug-likeness (QED) is 0.419. The molecule has 0 bridgehead atoms. The zero-order valence-corrected chi connectivity index (χ0v) is 15.9. The molecule has 0 saturated carbocycles. The van der Waals surface area contributed by atoms with Crippen LogP contribution in [0.15, 0.2) is 48.8 Å². The molecule has 30 heavy (non-hydrogen) atoms. The minimum absolute atomic E-state index is 0.0397. The van der Waals surface area contributed by atoms with Gasteiger partial charge in [-0.1, -0.05) is 12.1 Å². The second-order valence-electron chi connectivity index (χ2n) is 6.30. The number of rotatable bonds is 8. The Hall–Kier alpha value is -3.47. The van der Waals surface area contributed by atoms with Gasteiger partial charge in [0.2, 0.25) is 0 Å². The van der Waals surface area contributed by atoms with Gasteiger partial charge in [0.15, 0.2) is 5.82 Å². The Labute approximate surface area is 169 Å². The number of nitrogens with one attached hydrogen (secondary N) is 1. The first-order chi connectivity index (χ1) is 14.3. The minimum Gasteiger partial charge on any atom is -0.369 e. The third-order valence-electron chi connectivity index (χ3n) is 4.22.